The molecule has 1 aliphatic rings. The van der Waals surface area contributed by atoms with Crippen molar-refractivity contribution in [3.05, 3.63) is 18.2 Å². The van der Waals surface area contributed by atoms with E-state index in [0.29, 0.717) is 12.1 Å². The summed E-state index contributed by atoms with van der Waals surface area (Å²) in [5.41, 5.74) is 0. The topological polar surface area (TPSA) is 42.9 Å². The quantitative estimate of drug-likeness (QED) is 0.599. The molecule has 0 unspecified atom stereocenters. The summed E-state index contributed by atoms with van der Waals surface area (Å²) in [6, 6.07) is 0. The highest BCUT2D eigenvalue weighted by Crippen LogP contribution is 2.09. The lowest BCUT2D eigenvalue weighted by atomic mass is 10.5. The first-order chi connectivity index (χ1) is 4.86. The largest absolute Gasteiger partial charge is 0.482 e. The molecule has 1 aliphatic heterocycles. The fraction of sp³-hybridized carbons (Fsp3) is 0.333. The Bertz CT molecular complexity index is 165. The minimum absolute atomic E-state index is 0.538. The van der Waals surface area contributed by atoms with E-state index in [9.17, 15) is 0 Å². The molecule has 1 N–H and O–H groups in total. The number of hydrogen-bond donors (Lipinski definition) is 1. The summed E-state index contributed by atoms with van der Waals surface area (Å²) in [4.78, 5) is 3.85. The van der Waals surface area contributed by atoms with Crippen molar-refractivity contribution in [1.82, 2.24) is 5.32 Å². The molecule has 0 spiro atoms. The molecule has 0 aromatic heterocycles. The highest BCUT2D eigenvalue weighted by molar-refractivity contribution is 5.60. The number of ether oxygens (including phenoxy) is 2. The van der Waals surface area contributed by atoms with E-state index in [4.69, 9.17) is 9.47 Å². The maximum atomic E-state index is 4.88. The summed E-state index contributed by atoms with van der Waals surface area (Å²) in [6.45, 7) is 0. The van der Waals surface area contributed by atoms with Gasteiger partial charge in [-0.25, -0.2) is 4.99 Å². The van der Waals surface area contributed by atoms with Gasteiger partial charge in [-0.1, -0.05) is 0 Å². The van der Waals surface area contributed by atoms with Crippen LogP contribution >= 0.6 is 0 Å². The predicted octanol–water partition coefficient (Wildman–Crippen LogP) is 0.242. The van der Waals surface area contributed by atoms with E-state index in [2.05, 4.69) is 10.3 Å². The van der Waals surface area contributed by atoms with Gasteiger partial charge in [0.1, 0.15) is 0 Å². The number of nitrogens with zero attached hydrogens (tertiary/aromatic N) is 1. The fourth-order valence-electron chi connectivity index (χ4n) is 0.580. The molecule has 55 valence electrons. The Labute approximate surface area is 59.5 Å². The third-order valence-corrected chi connectivity index (χ3v) is 1.08. The maximum Gasteiger partial charge on any atom is 0.239 e. The molecule has 0 bridgehead atoms. The van der Waals surface area contributed by atoms with Gasteiger partial charge in [-0.15, -0.1) is 0 Å². The van der Waals surface area contributed by atoms with Crippen LogP contribution in [0.25, 0.3) is 0 Å². The van der Waals surface area contributed by atoms with Gasteiger partial charge in [-0.05, 0) is 0 Å². The Hall–Kier alpha value is -1.03. The van der Waals surface area contributed by atoms with Crippen molar-refractivity contribution in [3.63, 3.8) is 0 Å². The Balaban J connectivity index is 2.54. The molecule has 4 heteroatoms. The van der Waals surface area contributed by atoms with E-state index in [-0.39, 0.29) is 0 Å². The van der Waals surface area contributed by atoms with Gasteiger partial charge in [0, 0.05) is 13.2 Å². The lowest BCUT2D eigenvalue weighted by Gasteiger charge is -2.12. The Kier molecular flexibility index (Phi) is 2.28. The van der Waals surface area contributed by atoms with Crippen LogP contribution < -0.4 is 5.32 Å². The van der Waals surface area contributed by atoms with Gasteiger partial charge >= 0.3 is 0 Å². The number of aliphatic imine (C=N–C) groups is 1. The summed E-state index contributed by atoms with van der Waals surface area (Å²) >= 11 is 0. The third-order valence-electron chi connectivity index (χ3n) is 1.08. The van der Waals surface area contributed by atoms with Crippen LogP contribution in [0.15, 0.2) is 17.0 Å². The molecule has 0 aliphatic carbocycles. The second-order valence-corrected chi connectivity index (χ2v) is 1.66. The van der Waals surface area contributed by atoms with Crippen molar-refractivity contribution in [2.24, 2.45) is 4.99 Å². The van der Waals surface area contributed by atoms with Crippen molar-refractivity contribution in [2.45, 2.75) is 0 Å². The van der Waals surface area contributed by atoms with Crippen molar-refractivity contribution in [3.8, 4) is 0 Å². The second kappa shape index (κ2) is 3.22. The number of nitrogens with one attached hydrogen (secondary N) is 1. The molecule has 0 amide bonds. The van der Waals surface area contributed by atoms with E-state index in [1.165, 1.54) is 6.34 Å². The molecule has 0 saturated carbocycles. The molecule has 4 nitrogen and oxygen atoms in total. The maximum absolute atomic E-state index is 4.88. The van der Waals surface area contributed by atoms with Crippen molar-refractivity contribution in [2.75, 3.05) is 14.2 Å². The van der Waals surface area contributed by atoms with E-state index in [0.717, 1.165) is 0 Å². The number of rotatable bonds is 2. The Morgan fingerprint density at radius 1 is 1.40 bits per heavy atom. The molecular weight excluding hydrogens is 132 g/mol. The first-order valence-electron chi connectivity index (χ1n) is 2.82. The van der Waals surface area contributed by atoms with E-state index in [1.807, 2.05) is 0 Å². The van der Waals surface area contributed by atoms with Gasteiger partial charge in [0.25, 0.3) is 0 Å². The highest BCUT2D eigenvalue weighted by Gasteiger charge is 2.08. The van der Waals surface area contributed by atoms with E-state index >= 15 is 0 Å². The molecule has 1 radical (unpaired) electrons. The van der Waals surface area contributed by atoms with Crippen LogP contribution in [-0.4, -0.2) is 20.6 Å². The lowest BCUT2D eigenvalue weighted by Crippen LogP contribution is -2.18. The van der Waals surface area contributed by atoms with E-state index < -0.39 is 0 Å². The third kappa shape index (κ3) is 1.48. The van der Waals surface area contributed by atoms with Gasteiger partial charge in [-0.3, -0.25) is 0 Å². The minimum Gasteiger partial charge on any atom is -0.482 e. The lowest BCUT2D eigenvalue weighted by molar-refractivity contribution is 0.217. The summed E-state index contributed by atoms with van der Waals surface area (Å²) in [5, 5.41) is 2.78. The minimum atomic E-state index is 0.538. The van der Waals surface area contributed by atoms with Gasteiger partial charge in [0.05, 0.1) is 13.4 Å². The smallest absolute Gasteiger partial charge is 0.239 e. The second-order valence-electron chi connectivity index (χ2n) is 1.66. The van der Waals surface area contributed by atoms with Gasteiger partial charge in [-0.2, -0.15) is 0 Å². The molecule has 0 aromatic carbocycles. The SMILES string of the molecule is CO[C]1C=C(OC)NC=N1. The van der Waals surface area contributed by atoms with Gasteiger partial charge in [0.2, 0.25) is 6.23 Å². The molecule has 0 fully saturated rings. The average molecular weight is 141 g/mol. The summed E-state index contributed by atoms with van der Waals surface area (Å²) in [7, 11) is 3.13. The molecule has 0 atom stereocenters. The Morgan fingerprint density at radius 3 is 2.80 bits per heavy atom. The summed E-state index contributed by atoms with van der Waals surface area (Å²) in [6.07, 6.45) is 3.72. The standard InChI is InChI=1S/C6H9N2O2/c1-9-5-3-6(10-2)8-4-7-5/h3-4H,1-2H3,(H,7,8). The van der Waals surface area contributed by atoms with Crippen LogP contribution in [0.1, 0.15) is 0 Å². The normalized spacial score (nSPS) is 18.0. The first-order valence-corrected chi connectivity index (χ1v) is 2.82. The molecule has 0 aromatic rings. The molecular formula is C6H9N2O2. The molecule has 10 heavy (non-hydrogen) atoms. The van der Waals surface area contributed by atoms with Gasteiger partial charge < -0.3 is 14.8 Å². The zero-order valence-corrected chi connectivity index (χ0v) is 5.92. The van der Waals surface area contributed by atoms with Crippen LogP contribution in [0.5, 0.6) is 0 Å². The molecule has 1 rings (SSSR count). The first kappa shape index (κ1) is 7.08. The summed E-state index contributed by atoms with van der Waals surface area (Å²) < 4.78 is 9.73. The van der Waals surface area contributed by atoms with Crippen LogP contribution in [0, 0.1) is 6.23 Å². The zero-order chi connectivity index (χ0) is 7.40. The van der Waals surface area contributed by atoms with Crippen LogP contribution in [0.4, 0.5) is 0 Å². The molecule has 1 heterocycles. The molecule has 0 saturated heterocycles. The number of methoxy groups -OCH3 is 2. The monoisotopic (exact) mass is 141 g/mol. The zero-order valence-electron chi connectivity index (χ0n) is 5.92. The van der Waals surface area contributed by atoms with Crippen molar-refractivity contribution >= 4 is 6.34 Å². The predicted molar refractivity (Wildman–Crippen MR) is 37.0 cm³/mol. The average Bonchev–Trinajstić information content (AvgIpc) is 2.05. The van der Waals surface area contributed by atoms with Gasteiger partial charge in [0.15, 0.2) is 5.88 Å². The van der Waals surface area contributed by atoms with Crippen molar-refractivity contribution < 1.29 is 9.47 Å². The highest BCUT2D eigenvalue weighted by atomic mass is 16.5. The fourth-order valence-corrected chi connectivity index (χ4v) is 0.580. The van der Waals surface area contributed by atoms with Crippen LogP contribution in [0.3, 0.4) is 0 Å². The Morgan fingerprint density at radius 2 is 2.20 bits per heavy atom. The summed E-state index contributed by atoms with van der Waals surface area (Å²) in [5.74, 6) is 0.631. The van der Waals surface area contributed by atoms with E-state index in [1.54, 1.807) is 20.3 Å². The van der Waals surface area contributed by atoms with Crippen molar-refractivity contribution in [1.29, 1.82) is 0 Å². The van der Waals surface area contributed by atoms with Crippen LogP contribution in [0.2, 0.25) is 0 Å². The number of hydrogen-bond acceptors (Lipinski definition) is 4. The van der Waals surface area contributed by atoms with Crippen LogP contribution in [-0.2, 0) is 9.47 Å².